The Morgan fingerprint density at radius 2 is 2.16 bits per heavy atom. The molecule has 0 aliphatic heterocycles. The van der Waals surface area contributed by atoms with Crippen molar-refractivity contribution in [1.82, 2.24) is 14.9 Å². The molecule has 0 fully saturated rings. The van der Waals surface area contributed by atoms with Crippen LogP contribution >= 0.6 is 45.2 Å². The van der Waals surface area contributed by atoms with Gasteiger partial charge in [0.1, 0.15) is 5.75 Å². The molecule has 2 rings (SSSR count). The first-order chi connectivity index (χ1) is 8.99. The number of halogens is 2. The molecule has 1 aromatic heterocycles. The molecule has 0 atom stereocenters. The van der Waals surface area contributed by atoms with Crippen LogP contribution in [0.2, 0.25) is 0 Å². The Hall–Kier alpha value is -1.11. The van der Waals surface area contributed by atoms with Crippen LogP contribution in [0.5, 0.6) is 5.75 Å². The van der Waals surface area contributed by atoms with Crippen molar-refractivity contribution in [2.75, 3.05) is 11.3 Å². The van der Waals surface area contributed by atoms with Gasteiger partial charge in [-0.15, -0.1) is 10.2 Å². The van der Waals surface area contributed by atoms with Crippen molar-refractivity contribution in [1.29, 1.82) is 0 Å². The van der Waals surface area contributed by atoms with Crippen molar-refractivity contribution >= 4 is 57.3 Å². The predicted molar refractivity (Wildman–Crippen MR) is 89.7 cm³/mol. The summed E-state index contributed by atoms with van der Waals surface area (Å²) in [6.07, 6.45) is 1.50. The first-order valence-corrected chi connectivity index (χ1v) is 7.29. The zero-order valence-corrected chi connectivity index (χ0v) is 14.1. The van der Waals surface area contributed by atoms with E-state index >= 15 is 0 Å². The fraction of sp³-hybridized carbons (Fsp3) is 0.100. The number of hydrogen-bond acceptors (Lipinski definition) is 6. The highest BCUT2D eigenvalue weighted by Crippen LogP contribution is 2.25. The lowest BCUT2D eigenvalue weighted by atomic mass is 10.2. The van der Waals surface area contributed by atoms with E-state index in [1.165, 1.54) is 10.9 Å². The van der Waals surface area contributed by atoms with E-state index in [1.807, 2.05) is 12.1 Å². The van der Waals surface area contributed by atoms with Crippen LogP contribution in [-0.4, -0.2) is 26.2 Å². The molecule has 0 amide bonds. The molecule has 0 aliphatic carbocycles. The van der Waals surface area contributed by atoms with Gasteiger partial charge in [-0.2, -0.15) is 5.10 Å². The lowest BCUT2D eigenvalue weighted by Crippen LogP contribution is -2.13. The van der Waals surface area contributed by atoms with Gasteiger partial charge in [0, 0.05) is 9.13 Å². The van der Waals surface area contributed by atoms with Crippen LogP contribution in [0.4, 0.5) is 5.95 Å². The minimum atomic E-state index is 0.192. The lowest BCUT2D eigenvalue weighted by Gasteiger charge is -2.03. The maximum absolute atomic E-state index is 9.89. The summed E-state index contributed by atoms with van der Waals surface area (Å²) in [4.78, 5) is 0. The summed E-state index contributed by atoms with van der Waals surface area (Å²) < 4.78 is 3.07. The van der Waals surface area contributed by atoms with E-state index in [-0.39, 0.29) is 5.75 Å². The number of nitrogens with one attached hydrogen (secondary N) is 1. The van der Waals surface area contributed by atoms with E-state index in [0.29, 0.717) is 17.3 Å². The molecule has 0 unspecified atom stereocenters. The molecular weight excluding hydrogens is 474 g/mol. The Kier molecular flexibility index (Phi) is 4.44. The number of hydrogen-bond donors (Lipinski definition) is 3. The van der Waals surface area contributed by atoms with Gasteiger partial charge in [-0.1, -0.05) is 0 Å². The molecule has 1 aromatic carbocycles. The third-order valence-electron chi connectivity index (χ3n) is 2.29. The Bertz CT molecular complexity index is 639. The molecule has 2 aromatic rings. The molecule has 0 spiro atoms. The minimum absolute atomic E-state index is 0.192. The number of phenolic OH excluding ortho intramolecular Hbond substituents is 1. The minimum Gasteiger partial charge on any atom is -0.506 e. The molecule has 0 saturated carbocycles. The van der Waals surface area contributed by atoms with E-state index in [9.17, 15) is 5.11 Å². The van der Waals surface area contributed by atoms with Gasteiger partial charge in [0.05, 0.1) is 9.78 Å². The van der Waals surface area contributed by atoms with Gasteiger partial charge in [-0.05, 0) is 64.2 Å². The number of nitrogen functional groups attached to an aromatic ring is 1. The summed E-state index contributed by atoms with van der Waals surface area (Å²) in [7, 11) is 0. The van der Waals surface area contributed by atoms with Gasteiger partial charge in [0.25, 0.3) is 5.95 Å². The number of nitrogens with two attached hydrogens (primary N) is 1. The second-order valence-electron chi connectivity index (χ2n) is 3.64. The third kappa shape index (κ3) is 3.26. The molecular formula is C10H10I2N6O. The van der Waals surface area contributed by atoms with Crippen LogP contribution in [0.3, 0.4) is 0 Å². The lowest BCUT2D eigenvalue weighted by molar-refractivity contribution is 0.470. The molecule has 100 valence electrons. The Morgan fingerprint density at radius 1 is 1.42 bits per heavy atom. The van der Waals surface area contributed by atoms with Gasteiger partial charge in [0.2, 0.25) is 0 Å². The van der Waals surface area contributed by atoms with Gasteiger partial charge >= 0.3 is 0 Å². The number of nitrogens with zero attached hydrogens (tertiary/aromatic N) is 4. The second kappa shape index (κ2) is 5.90. The smallest absolute Gasteiger partial charge is 0.263 e. The van der Waals surface area contributed by atoms with Gasteiger partial charge < -0.3 is 10.9 Å². The molecule has 9 heteroatoms. The first-order valence-electron chi connectivity index (χ1n) is 5.13. The van der Waals surface area contributed by atoms with Gasteiger partial charge in [0.15, 0.2) is 5.82 Å². The largest absolute Gasteiger partial charge is 0.506 e. The van der Waals surface area contributed by atoms with Gasteiger partial charge in [-0.25, -0.2) is 10.1 Å². The van der Waals surface area contributed by atoms with Crippen molar-refractivity contribution in [3.05, 3.63) is 30.7 Å². The highest BCUT2D eigenvalue weighted by molar-refractivity contribution is 14.1. The fourth-order valence-corrected chi connectivity index (χ4v) is 3.18. The van der Waals surface area contributed by atoms with E-state index in [4.69, 9.17) is 5.84 Å². The monoisotopic (exact) mass is 484 g/mol. The molecule has 0 radical (unpaired) electrons. The standard InChI is InChI=1S/C10H10I2N6O/c1-5-15-17-10(18(5)13)16-14-4-6-2-7(11)3-8(12)9(6)19/h2-4,19H,13H2,1H3,(H,16,17). The topological polar surface area (TPSA) is 101 Å². The van der Waals surface area contributed by atoms with E-state index < -0.39 is 0 Å². The van der Waals surface area contributed by atoms with Crippen molar-refractivity contribution in [2.45, 2.75) is 6.92 Å². The van der Waals surface area contributed by atoms with E-state index in [1.54, 1.807) is 6.92 Å². The molecule has 4 N–H and O–H groups in total. The predicted octanol–water partition coefficient (Wildman–Crippen LogP) is 1.66. The van der Waals surface area contributed by atoms with E-state index in [2.05, 4.69) is 65.9 Å². The maximum atomic E-state index is 9.89. The van der Waals surface area contributed by atoms with Crippen LogP contribution in [0.25, 0.3) is 0 Å². The Morgan fingerprint density at radius 3 is 2.79 bits per heavy atom. The number of phenols is 1. The number of aromatic hydroxyl groups is 1. The van der Waals surface area contributed by atoms with Gasteiger partial charge in [-0.3, -0.25) is 0 Å². The van der Waals surface area contributed by atoms with Crippen molar-refractivity contribution in [3.63, 3.8) is 0 Å². The molecule has 19 heavy (non-hydrogen) atoms. The van der Waals surface area contributed by atoms with E-state index in [0.717, 1.165) is 7.14 Å². The molecule has 0 bridgehead atoms. The van der Waals surface area contributed by atoms with Crippen LogP contribution < -0.4 is 11.3 Å². The molecule has 1 heterocycles. The third-order valence-corrected chi connectivity index (χ3v) is 3.74. The molecule has 7 nitrogen and oxygen atoms in total. The number of hydrazone groups is 1. The summed E-state index contributed by atoms with van der Waals surface area (Å²) in [6, 6.07) is 3.70. The first kappa shape index (κ1) is 14.3. The SMILES string of the molecule is Cc1nnc(NN=Cc2cc(I)cc(I)c2O)n1N. The number of benzene rings is 1. The summed E-state index contributed by atoms with van der Waals surface area (Å²) in [5.74, 6) is 6.76. The average molecular weight is 484 g/mol. The van der Waals surface area contributed by atoms with Crippen molar-refractivity contribution in [2.24, 2.45) is 5.10 Å². The summed E-state index contributed by atoms with van der Waals surface area (Å²) in [6.45, 7) is 1.73. The van der Waals surface area contributed by atoms with Crippen molar-refractivity contribution in [3.8, 4) is 5.75 Å². The fourth-order valence-electron chi connectivity index (χ4n) is 1.29. The average Bonchev–Trinajstić information content (AvgIpc) is 2.67. The summed E-state index contributed by atoms with van der Waals surface area (Å²) in [5, 5.41) is 21.5. The van der Waals surface area contributed by atoms with Crippen LogP contribution in [0.15, 0.2) is 17.2 Å². The quantitative estimate of drug-likeness (QED) is 0.267. The number of rotatable bonds is 3. The number of aromatic nitrogens is 3. The Labute approximate surface area is 136 Å². The van der Waals surface area contributed by atoms with Crippen LogP contribution in [0.1, 0.15) is 11.4 Å². The highest BCUT2D eigenvalue weighted by Gasteiger charge is 2.06. The molecule has 0 aliphatic rings. The normalized spacial score (nSPS) is 11.1. The number of aryl methyl sites for hydroxylation is 1. The highest BCUT2D eigenvalue weighted by atomic mass is 127. The summed E-state index contributed by atoms with van der Waals surface area (Å²) >= 11 is 4.24. The van der Waals surface area contributed by atoms with Crippen LogP contribution in [-0.2, 0) is 0 Å². The molecule has 0 saturated heterocycles. The zero-order valence-electron chi connectivity index (χ0n) is 9.80. The zero-order chi connectivity index (χ0) is 14.0. The second-order valence-corrected chi connectivity index (χ2v) is 6.04. The maximum Gasteiger partial charge on any atom is 0.263 e. The Balaban J connectivity index is 2.18. The van der Waals surface area contributed by atoms with Crippen LogP contribution in [0, 0.1) is 14.1 Å². The van der Waals surface area contributed by atoms with Crippen molar-refractivity contribution < 1.29 is 5.11 Å². The summed E-state index contributed by atoms with van der Waals surface area (Å²) in [5.41, 5.74) is 3.28. The number of anilines is 1.